The number of hydrogen-bond acceptors (Lipinski definition) is 3. The molecule has 0 aliphatic heterocycles. The first kappa shape index (κ1) is 17.9. The van der Waals surface area contributed by atoms with E-state index < -0.39 is 10.0 Å². The van der Waals surface area contributed by atoms with Crippen LogP contribution in [0.4, 0.5) is 0 Å². The SMILES string of the molecule is C=CCNS(=O)(=O)c1ccc(C(=O)N(C)Cc2ccccc2)cc1. The average Bonchev–Trinajstić information content (AvgIpc) is 2.60. The van der Waals surface area contributed by atoms with Crippen molar-refractivity contribution in [2.75, 3.05) is 13.6 Å². The molecule has 2 aromatic carbocycles. The molecule has 2 rings (SSSR count). The predicted octanol–water partition coefficient (Wildman–Crippen LogP) is 2.42. The summed E-state index contributed by atoms with van der Waals surface area (Å²) in [6, 6.07) is 15.6. The zero-order valence-corrected chi connectivity index (χ0v) is 14.3. The van der Waals surface area contributed by atoms with Crippen LogP contribution in [0.15, 0.2) is 72.1 Å². The lowest BCUT2D eigenvalue weighted by Gasteiger charge is -2.17. The highest BCUT2D eigenvalue weighted by Crippen LogP contribution is 2.13. The maximum atomic E-state index is 12.4. The van der Waals surface area contributed by atoms with Gasteiger partial charge in [0.15, 0.2) is 0 Å². The van der Waals surface area contributed by atoms with Crippen LogP contribution in [0.1, 0.15) is 15.9 Å². The number of nitrogens with zero attached hydrogens (tertiary/aromatic N) is 1. The van der Waals surface area contributed by atoms with Crippen LogP contribution in [0.2, 0.25) is 0 Å². The van der Waals surface area contributed by atoms with Crippen molar-refractivity contribution < 1.29 is 13.2 Å². The standard InChI is InChI=1S/C18H20N2O3S/c1-3-13-19-24(22,23)17-11-9-16(10-12-17)18(21)20(2)14-15-7-5-4-6-8-15/h3-12,19H,1,13-14H2,2H3. The number of nitrogens with one attached hydrogen (secondary N) is 1. The molecule has 0 unspecified atom stereocenters. The number of carbonyl (C=O) groups excluding carboxylic acids is 1. The molecule has 126 valence electrons. The molecule has 0 atom stereocenters. The van der Waals surface area contributed by atoms with Crippen LogP contribution in [0.3, 0.4) is 0 Å². The smallest absolute Gasteiger partial charge is 0.253 e. The van der Waals surface area contributed by atoms with E-state index >= 15 is 0 Å². The lowest BCUT2D eigenvalue weighted by Crippen LogP contribution is -2.26. The Kier molecular flexibility index (Phi) is 5.89. The second kappa shape index (κ2) is 7.90. The van der Waals surface area contributed by atoms with E-state index in [1.54, 1.807) is 11.9 Å². The normalized spacial score (nSPS) is 11.0. The number of hydrogen-bond donors (Lipinski definition) is 1. The van der Waals surface area contributed by atoms with E-state index in [9.17, 15) is 13.2 Å². The van der Waals surface area contributed by atoms with Gasteiger partial charge < -0.3 is 4.90 Å². The van der Waals surface area contributed by atoms with Crippen LogP contribution in [-0.4, -0.2) is 32.8 Å². The fraction of sp³-hybridized carbons (Fsp3) is 0.167. The first-order valence-corrected chi connectivity index (χ1v) is 8.92. The molecule has 6 heteroatoms. The minimum absolute atomic E-state index is 0.117. The monoisotopic (exact) mass is 344 g/mol. The number of amides is 1. The lowest BCUT2D eigenvalue weighted by molar-refractivity contribution is 0.0785. The minimum Gasteiger partial charge on any atom is -0.337 e. The lowest BCUT2D eigenvalue weighted by atomic mass is 10.1. The Balaban J connectivity index is 2.09. The van der Waals surface area contributed by atoms with Gasteiger partial charge in [0.1, 0.15) is 0 Å². The summed E-state index contributed by atoms with van der Waals surface area (Å²) in [4.78, 5) is 14.1. The van der Waals surface area contributed by atoms with Crippen molar-refractivity contribution in [2.24, 2.45) is 0 Å². The second-order valence-electron chi connectivity index (χ2n) is 5.31. The van der Waals surface area contributed by atoms with E-state index in [4.69, 9.17) is 0 Å². The maximum absolute atomic E-state index is 12.4. The Hall–Kier alpha value is -2.44. The predicted molar refractivity (Wildman–Crippen MR) is 94.1 cm³/mol. The number of carbonyl (C=O) groups is 1. The third-order valence-electron chi connectivity index (χ3n) is 3.44. The van der Waals surface area contributed by atoms with E-state index in [2.05, 4.69) is 11.3 Å². The summed E-state index contributed by atoms with van der Waals surface area (Å²) in [5, 5.41) is 0. The first-order chi connectivity index (χ1) is 11.4. The maximum Gasteiger partial charge on any atom is 0.253 e. The Morgan fingerprint density at radius 1 is 1.12 bits per heavy atom. The Morgan fingerprint density at radius 3 is 2.33 bits per heavy atom. The fourth-order valence-corrected chi connectivity index (χ4v) is 3.18. The molecule has 0 radical (unpaired) electrons. The molecule has 0 spiro atoms. The molecule has 1 amide bonds. The van der Waals surface area contributed by atoms with Crippen LogP contribution in [0.25, 0.3) is 0 Å². The van der Waals surface area contributed by atoms with Gasteiger partial charge in [-0.05, 0) is 29.8 Å². The quantitative estimate of drug-likeness (QED) is 0.785. The molecule has 0 aliphatic carbocycles. The number of benzene rings is 2. The molecule has 2 aromatic rings. The van der Waals surface area contributed by atoms with E-state index in [0.29, 0.717) is 12.1 Å². The highest BCUT2D eigenvalue weighted by Gasteiger charge is 2.16. The van der Waals surface area contributed by atoms with Gasteiger partial charge in [-0.2, -0.15) is 0 Å². The molecule has 0 saturated carbocycles. The van der Waals surface area contributed by atoms with Crippen molar-refractivity contribution in [3.05, 3.63) is 78.4 Å². The zero-order valence-electron chi connectivity index (χ0n) is 13.5. The second-order valence-corrected chi connectivity index (χ2v) is 7.08. The summed E-state index contributed by atoms with van der Waals surface area (Å²) < 4.78 is 26.4. The third kappa shape index (κ3) is 4.53. The van der Waals surface area contributed by atoms with Crippen molar-refractivity contribution in [2.45, 2.75) is 11.4 Å². The van der Waals surface area contributed by atoms with Crippen LogP contribution in [0.5, 0.6) is 0 Å². The van der Waals surface area contributed by atoms with Gasteiger partial charge in [-0.25, -0.2) is 13.1 Å². The van der Waals surface area contributed by atoms with Crippen LogP contribution in [-0.2, 0) is 16.6 Å². The van der Waals surface area contributed by atoms with E-state index in [1.165, 1.54) is 30.3 Å². The summed E-state index contributed by atoms with van der Waals surface area (Å²) in [7, 11) is -1.87. The number of rotatable bonds is 7. The third-order valence-corrected chi connectivity index (χ3v) is 4.88. The van der Waals surface area contributed by atoms with Crippen molar-refractivity contribution in [3.63, 3.8) is 0 Å². The Bertz CT molecular complexity index is 800. The van der Waals surface area contributed by atoms with Crippen molar-refractivity contribution in [1.29, 1.82) is 0 Å². The molecule has 0 fully saturated rings. The van der Waals surface area contributed by atoms with Gasteiger partial charge in [-0.3, -0.25) is 4.79 Å². The zero-order chi connectivity index (χ0) is 17.6. The van der Waals surface area contributed by atoms with Gasteiger partial charge in [0, 0.05) is 25.7 Å². The molecule has 24 heavy (non-hydrogen) atoms. The molecule has 0 saturated heterocycles. The van der Waals surface area contributed by atoms with Gasteiger partial charge in [-0.15, -0.1) is 6.58 Å². The molecule has 0 heterocycles. The van der Waals surface area contributed by atoms with Crippen LogP contribution in [0, 0.1) is 0 Å². The summed E-state index contributed by atoms with van der Waals surface area (Å²) in [5.41, 5.74) is 1.47. The summed E-state index contributed by atoms with van der Waals surface area (Å²) >= 11 is 0. The van der Waals surface area contributed by atoms with E-state index in [0.717, 1.165) is 5.56 Å². The summed E-state index contributed by atoms with van der Waals surface area (Å²) in [6.45, 7) is 4.11. The van der Waals surface area contributed by atoms with Crippen LogP contribution < -0.4 is 4.72 Å². The largest absolute Gasteiger partial charge is 0.337 e. The van der Waals surface area contributed by atoms with Gasteiger partial charge in [-0.1, -0.05) is 36.4 Å². The average molecular weight is 344 g/mol. The molecule has 5 nitrogen and oxygen atoms in total. The molecular formula is C18H20N2O3S. The van der Waals surface area contributed by atoms with Gasteiger partial charge >= 0.3 is 0 Å². The molecular weight excluding hydrogens is 324 g/mol. The van der Waals surface area contributed by atoms with Crippen molar-refractivity contribution in [3.8, 4) is 0 Å². The molecule has 0 aromatic heterocycles. The summed E-state index contributed by atoms with van der Waals surface area (Å²) in [5.74, 6) is -0.165. The molecule has 0 aliphatic rings. The van der Waals surface area contributed by atoms with Crippen LogP contribution >= 0.6 is 0 Å². The fourth-order valence-electron chi connectivity index (χ4n) is 2.18. The van der Waals surface area contributed by atoms with E-state index in [1.807, 2.05) is 30.3 Å². The first-order valence-electron chi connectivity index (χ1n) is 7.44. The van der Waals surface area contributed by atoms with Gasteiger partial charge in [0.05, 0.1) is 4.90 Å². The minimum atomic E-state index is -3.58. The van der Waals surface area contributed by atoms with Crippen molar-refractivity contribution >= 4 is 15.9 Å². The highest BCUT2D eigenvalue weighted by atomic mass is 32.2. The highest BCUT2D eigenvalue weighted by molar-refractivity contribution is 7.89. The molecule has 0 bridgehead atoms. The number of sulfonamides is 1. The van der Waals surface area contributed by atoms with Crippen molar-refractivity contribution in [1.82, 2.24) is 9.62 Å². The Morgan fingerprint density at radius 2 is 1.75 bits per heavy atom. The van der Waals surface area contributed by atoms with Gasteiger partial charge in [0.25, 0.3) is 5.91 Å². The van der Waals surface area contributed by atoms with E-state index in [-0.39, 0.29) is 17.3 Å². The van der Waals surface area contributed by atoms with Gasteiger partial charge in [0.2, 0.25) is 10.0 Å². The molecule has 1 N–H and O–H groups in total. The topological polar surface area (TPSA) is 66.5 Å². The summed E-state index contributed by atoms with van der Waals surface area (Å²) in [6.07, 6.45) is 1.47. The Labute approximate surface area is 142 Å².